The lowest BCUT2D eigenvalue weighted by Crippen LogP contribution is -2.28. The highest BCUT2D eigenvalue weighted by atomic mass is 16.3. The van der Waals surface area contributed by atoms with Crippen LogP contribution in [0.2, 0.25) is 0 Å². The molecular weight excluding hydrogens is 871 g/mol. The van der Waals surface area contributed by atoms with Crippen molar-refractivity contribution in [3.8, 4) is 55.6 Å². The SMILES string of the molecule is CC1(C)c2ccccc2-c2ccc(N(c3ccc(-c4ccc5c(c4)oc4ccccc45)cc3)c3cccc(-c4ccc5c(c4)C(c4ccccc4)(c4ccc(-c6ccccc6)cc4)c4ccccc4-5)c3)cc21. The van der Waals surface area contributed by atoms with Gasteiger partial charge in [0.25, 0.3) is 0 Å². The summed E-state index contributed by atoms with van der Waals surface area (Å²) >= 11 is 0. The lowest BCUT2D eigenvalue weighted by atomic mass is 9.67. The highest BCUT2D eigenvalue weighted by molar-refractivity contribution is 6.06. The fourth-order valence-corrected chi connectivity index (χ4v) is 12.3. The summed E-state index contributed by atoms with van der Waals surface area (Å²) in [6.07, 6.45) is 0. The second-order valence-electron chi connectivity index (χ2n) is 20.0. The van der Waals surface area contributed by atoms with Crippen LogP contribution in [0.4, 0.5) is 17.1 Å². The molecule has 0 saturated carbocycles. The van der Waals surface area contributed by atoms with E-state index in [4.69, 9.17) is 4.42 Å². The third-order valence-electron chi connectivity index (χ3n) is 15.8. The van der Waals surface area contributed by atoms with E-state index >= 15 is 0 Å². The summed E-state index contributed by atoms with van der Waals surface area (Å²) in [5.74, 6) is 0. The molecule has 1 heterocycles. The summed E-state index contributed by atoms with van der Waals surface area (Å²) in [4.78, 5) is 2.43. The maximum absolute atomic E-state index is 6.32. The zero-order valence-electron chi connectivity index (χ0n) is 40.2. The Morgan fingerprint density at radius 2 is 0.792 bits per heavy atom. The monoisotopic (exact) mass is 919 g/mol. The fraction of sp³-hybridized carbons (Fsp3) is 0.0571. The van der Waals surface area contributed by atoms with Gasteiger partial charge in [0.2, 0.25) is 0 Å². The third-order valence-corrected chi connectivity index (χ3v) is 15.8. The van der Waals surface area contributed by atoms with Crippen LogP contribution < -0.4 is 4.90 Å². The van der Waals surface area contributed by atoms with Gasteiger partial charge in [-0.05, 0) is 150 Å². The summed E-state index contributed by atoms with van der Waals surface area (Å²) in [6.45, 7) is 4.72. The number of benzene rings is 11. The van der Waals surface area contributed by atoms with Crippen LogP contribution in [0, 0.1) is 0 Å². The second-order valence-corrected chi connectivity index (χ2v) is 20.0. The number of hydrogen-bond acceptors (Lipinski definition) is 2. The number of nitrogens with zero attached hydrogens (tertiary/aromatic N) is 1. The van der Waals surface area contributed by atoms with Crippen molar-refractivity contribution in [2.24, 2.45) is 0 Å². The van der Waals surface area contributed by atoms with E-state index in [1.165, 1.54) is 72.3 Å². The van der Waals surface area contributed by atoms with Crippen LogP contribution in [0.5, 0.6) is 0 Å². The van der Waals surface area contributed by atoms with E-state index in [0.717, 1.165) is 55.7 Å². The molecule has 2 heteroatoms. The molecule has 0 N–H and O–H groups in total. The Labute approximate surface area is 420 Å². The van der Waals surface area contributed by atoms with Gasteiger partial charge < -0.3 is 9.32 Å². The minimum absolute atomic E-state index is 0.149. The predicted octanol–water partition coefficient (Wildman–Crippen LogP) is 18.7. The minimum Gasteiger partial charge on any atom is -0.456 e. The van der Waals surface area contributed by atoms with Gasteiger partial charge in [0.05, 0.1) is 5.41 Å². The molecule has 1 unspecified atom stereocenters. The molecule has 72 heavy (non-hydrogen) atoms. The number of fused-ring (bicyclic) bond motifs is 9. The van der Waals surface area contributed by atoms with E-state index < -0.39 is 5.41 Å². The lowest BCUT2D eigenvalue weighted by molar-refractivity contribution is 0.660. The zero-order chi connectivity index (χ0) is 48.0. The van der Waals surface area contributed by atoms with Crippen LogP contribution in [0.1, 0.15) is 47.2 Å². The summed E-state index contributed by atoms with van der Waals surface area (Å²) in [5.41, 5.74) is 24.4. The quantitative estimate of drug-likeness (QED) is 0.151. The molecule has 0 saturated heterocycles. The Bertz CT molecular complexity index is 4050. The molecule has 0 amide bonds. The van der Waals surface area contributed by atoms with Crippen molar-refractivity contribution in [2.75, 3.05) is 4.90 Å². The van der Waals surface area contributed by atoms with Crippen molar-refractivity contribution < 1.29 is 4.42 Å². The van der Waals surface area contributed by atoms with E-state index in [1.807, 2.05) is 12.1 Å². The number of hydrogen-bond donors (Lipinski definition) is 0. The Hall–Kier alpha value is -8.98. The van der Waals surface area contributed by atoms with E-state index in [1.54, 1.807) is 0 Å². The largest absolute Gasteiger partial charge is 0.456 e. The predicted molar refractivity (Wildman–Crippen MR) is 300 cm³/mol. The standard InChI is InChI=1S/C70H49NO/c1-69(2)63-25-12-9-22-57(63)59-41-38-56(45-65(59)69)71(54-36-30-48(31-37-54)51-33-40-62-61-24-11-14-27-67(61)72-68(62)44-51)55-21-15-18-49(42-55)50-32-39-60-58-23-10-13-26-64(58)70(66(60)43-50,52-19-7-4-8-20-52)53-34-28-47(29-35-53)46-16-5-3-6-17-46/h3-45H,1-2H3. The van der Waals surface area contributed by atoms with Gasteiger partial charge in [-0.15, -0.1) is 0 Å². The van der Waals surface area contributed by atoms with Gasteiger partial charge in [-0.3, -0.25) is 0 Å². The molecule has 0 spiro atoms. The summed E-state index contributed by atoms with van der Waals surface area (Å²) in [6, 6.07) is 96.2. The van der Waals surface area contributed by atoms with Crippen molar-refractivity contribution in [3.05, 3.63) is 294 Å². The van der Waals surface area contributed by atoms with Gasteiger partial charge in [-0.1, -0.05) is 214 Å². The molecule has 340 valence electrons. The first-order valence-corrected chi connectivity index (χ1v) is 25.1. The number of furan rings is 1. The summed E-state index contributed by atoms with van der Waals surface area (Å²) < 4.78 is 6.32. The van der Waals surface area contributed by atoms with Crippen LogP contribution in [-0.2, 0) is 10.8 Å². The topological polar surface area (TPSA) is 16.4 Å². The van der Waals surface area contributed by atoms with Gasteiger partial charge >= 0.3 is 0 Å². The zero-order valence-corrected chi connectivity index (χ0v) is 40.2. The van der Waals surface area contributed by atoms with Gasteiger partial charge in [-0.2, -0.15) is 0 Å². The van der Waals surface area contributed by atoms with Crippen LogP contribution >= 0.6 is 0 Å². The van der Waals surface area contributed by atoms with Gasteiger partial charge in [0.1, 0.15) is 11.2 Å². The number of anilines is 3. The molecular formula is C70H49NO. The van der Waals surface area contributed by atoms with Crippen molar-refractivity contribution in [3.63, 3.8) is 0 Å². The maximum Gasteiger partial charge on any atom is 0.136 e. The molecule has 2 aliphatic rings. The van der Waals surface area contributed by atoms with Crippen molar-refractivity contribution in [1.29, 1.82) is 0 Å². The average molecular weight is 920 g/mol. The maximum atomic E-state index is 6.32. The molecule has 2 nitrogen and oxygen atoms in total. The molecule has 0 aliphatic heterocycles. The van der Waals surface area contributed by atoms with E-state index in [2.05, 4.69) is 267 Å². The first-order chi connectivity index (χ1) is 35.4. The van der Waals surface area contributed by atoms with E-state index in [0.29, 0.717) is 0 Å². The fourth-order valence-electron chi connectivity index (χ4n) is 12.3. The third kappa shape index (κ3) is 6.42. The first-order valence-electron chi connectivity index (χ1n) is 25.1. The molecule has 2 aliphatic carbocycles. The second kappa shape index (κ2) is 16.3. The number of rotatable bonds is 8. The minimum atomic E-state index is -0.534. The van der Waals surface area contributed by atoms with Crippen molar-refractivity contribution in [2.45, 2.75) is 24.7 Å². The lowest BCUT2D eigenvalue weighted by Gasteiger charge is -2.34. The Morgan fingerprint density at radius 1 is 0.292 bits per heavy atom. The normalized spacial score (nSPS) is 15.0. The van der Waals surface area contributed by atoms with E-state index in [-0.39, 0.29) is 5.41 Å². The van der Waals surface area contributed by atoms with Gasteiger partial charge in [-0.25, -0.2) is 0 Å². The number of para-hydroxylation sites is 1. The Balaban J connectivity index is 0.907. The highest BCUT2D eigenvalue weighted by Gasteiger charge is 2.46. The van der Waals surface area contributed by atoms with Crippen LogP contribution in [0.3, 0.4) is 0 Å². The molecule has 1 atom stereocenters. The highest BCUT2D eigenvalue weighted by Crippen LogP contribution is 2.57. The van der Waals surface area contributed by atoms with Crippen molar-refractivity contribution >= 4 is 39.0 Å². The summed E-state index contributed by atoms with van der Waals surface area (Å²) in [5, 5.41) is 2.28. The molecule has 12 aromatic rings. The first kappa shape index (κ1) is 41.9. The Morgan fingerprint density at radius 3 is 1.60 bits per heavy atom. The van der Waals surface area contributed by atoms with Gasteiger partial charge in [0, 0.05) is 33.2 Å². The molecule has 14 rings (SSSR count). The summed E-state index contributed by atoms with van der Waals surface area (Å²) in [7, 11) is 0. The molecule has 0 fully saturated rings. The smallest absolute Gasteiger partial charge is 0.136 e. The average Bonchev–Trinajstić information content (AvgIpc) is 4.04. The van der Waals surface area contributed by atoms with Crippen LogP contribution in [0.25, 0.3) is 77.6 Å². The molecule has 0 radical (unpaired) electrons. The molecule has 1 aromatic heterocycles. The molecule has 11 aromatic carbocycles. The Kier molecular flexibility index (Phi) is 9.50. The van der Waals surface area contributed by atoms with E-state index in [9.17, 15) is 0 Å². The molecule has 0 bridgehead atoms. The van der Waals surface area contributed by atoms with Crippen molar-refractivity contribution in [1.82, 2.24) is 0 Å². The van der Waals surface area contributed by atoms with Crippen LogP contribution in [0.15, 0.2) is 265 Å². The van der Waals surface area contributed by atoms with Crippen LogP contribution in [-0.4, -0.2) is 0 Å². The van der Waals surface area contributed by atoms with Gasteiger partial charge in [0.15, 0.2) is 0 Å².